The average molecular weight is 384 g/mol. The van der Waals surface area contributed by atoms with Crippen LogP contribution in [0, 0.1) is 0 Å². The van der Waals surface area contributed by atoms with E-state index in [1.165, 1.54) is 0 Å². The van der Waals surface area contributed by atoms with E-state index in [0.717, 1.165) is 5.39 Å². The molecule has 3 aromatic rings. The highest BCUT2D eigenvalue weighted by atomic mass is 16.6. The molecule has 1 aliphatic rings. The van der Waals surface area contributed by atoms with Crippen LogP contribution in [-0.2, 0) is 11.3 Å². The number of morpholine rings is 1. The van der Waals surface area contributed by atoms with Crippen LogP contribution in [0.4, 0.5) is 4.79 Å². The van der Waals surface area contributed by atoms with Crippen molar-refractivity contribution >= 4 is 17.1 Å². The number of benzene rings is 2. The Balaban J connectivity index is 1.43. The van der Waals surface area contributed by atoms with E-state index in [2.05, 4.69) is 5.16 Å². The van der Waals surface area contributed by atoms with Gasteiger partial charge in [0.1, 0.15) is 29.5 Å². The van der Waals surface area contributed by atoms with E-state index in [4.69, 9.17) is 23.5 Å². The summed E-state index contributed by atoms with van der Waals surface area (Å²) in [6.45, 7) is 2.33. The number of ether oxygens (including phenoxy) is 4. The van der Waals surface area contributed by atoms with Crippen molar-refractivity contribution in [1.29, 1.82) is 0 Å². The summed E-state index contributed by atoms with van der Waals surface area (Å²) in [6.07, 6.45) is -0.399. The van der Waals surface area contributed by atoms with E-state index in [0.29, 0.717) is 54.8 Å². The maximum atomic E-state index is 12.2. The van der Waals surface area contributed by atoms with Gasteiger partial charge in [-0.3, -0.25) is 0 Å². The normalized spacial score (nSPS) is 14.1. The van der Waals surface area contributed by atoms with Crippen molar-refractivity contribution in [2.45, 2.75) is 6.61 Å². The Labute approximate surface area is 161 Å². The molecular weight excluding hydrogens is 364 g/mol. The van der Waals surface area contributed by atoms with Crippen molar-refractivity contribution < 1.29 is 28.3 Å². The number of rotatable bonds is 5. The van der Waals surface area contributed by atoms with Crippen LogP contribution in [0.5, 0.6) is 17.2 Å². The number of carbonyl (C=O) groups is 1. The lowest BCUT2D eigenvalue weighted by atomic mass is 10.2. The Hall–Kier alpha value is -3.26. The second-order valence-electron chi connectivity index (χ2n) is 6.22. The zero-order valence-corrected chi connectivity index (χ0v) is 15.4. The van der Waals surface area contributed by atoms with Gasteiger partial charge in [0.15, 0.2) is 5.58 Å². The van der Waals surface area contributed by atoms with Crippen molar-refractivity contribution in [2.24, 2.45) is 0 Å². The number of hydrogen-bond acceptors (Lipinski definition) is 7. The molecule has 1 aromatic heterocycles. The minimum absolute atomic E-state index is 0.243. The highest BCUT2D eigenvalue weighted by molar-refractivity contribution is 5.82. The molecule has 1 fully saturated rings. The molecule has 8 nitrogen and oxygen atoms in total. The topological polar surface area (TPSA) is 83.3 Å². The van der Waals surface area contributed by atoms with E-state index < -0.39 is 6.09 Å². The van der Waals surface area contributed by atoms with Crippen LogP contribution in [0.25, 0.3) is 11.0 Å². The van der Waals surface area contributed by atoms with Gasteiger partial charge in [0.2, 0.25) is 0 Å². The number of nitrogens with zero attached hydrogens (tertiary/aromatic N) is 2. The minimum Gasteiger partial charge on any atom is -0.497 e. The van der Waals surface area contributed by atoms with Gasteiger partial charge in [0.25, 0.3) is 0 Å². The summed E-state index contributed by atoms with van der Waals surface area (Å²) in [5.74, 6) is 1.79. The molecule has 0 bridgehead atoms. The monoisotopic (exact) mass is 384 g/mol. The molecule has 0 atom stereocenters. The molecule has 28 heavy (non-hydrogen) atoms. The van der Waals surface area contributed by atoms with Gasteiger partial charge in [0.05, 0.1) is 20.3 Å². The van der Waals surface area contributed by atoms with Crippen LogP contribution < -0.4 is 14.2 Å². The Bertz CT molecular complexity index is 964. The second-order valence-corrected chi connectivity index (χ2v) is 6.22. The summed E-state index contributed by atoms with van der Waals surface area (Å²) in [4.78, 5) is 13.8. The maximum Gasteiger partial charge on any atom is 0.415 e. The zero-order valence-electron chi connectivity index (χ0n) is 15.4. The molecule has 0 radical (unpaired) electrons. The predicted octanol–water partition coefficient (Wildman–Crippen LogP) is 3.25. The van der Waals surface area contributed by atoms with E-state index in [1.54, 1.807) is 36.3 Å². The van der Waals surface area contributed by atoms with Crippen LogP contribution in [0.1, 0.15) is 5.69 Å². The van der Waals surface area contributed by atoms with Gasteiger partial charge in [-0.2, -0.15) is 0 Å². The Morgan fingerprint density at radius 2 is 1.93 bits per heavy atom. The Kier molecular flexibility index (Phi) is 5.29. The largest absolute Gasteiger partial charge is 0.497 e. The number of carbonyl (C=O) groups excluding carboxylic acids is 1. The highest BCUT2D eigenvalue weighted by Gasteiger charge is 2.19. The summed E-state index contributed by atoms with van der Waals surface area (Å²) >= 11 is 0. The summed E-state index contributed by atoms with van der Waals surface area (Å²) in [5.41, 5.74) is 1.18. The van der Waals surface area contributed by atoms with Crippen molar-refractivity contribution in [3.63, 3.8) is 0 Å². The number of aromatic nitrogens is 1. The van der Waals surface area contributed by atoms with Crippen molar-refractivity contribution in [3.05, 3.63) is 48.2 Å². The first kappa shape index (κ1) is 18.1. The van der Waals surface area contributed by atoms with Gasteiger partial charge in [-0.25, -0.2) is 4.79 Å². The molecule has 2 aromatic carbocycles. The molecule has 146 valence electrons. The fourth-order valence-electron chi connectivity index (χ4n) is 2.89. The standard InChI is InChI=1S/C20H20N2O6/c1-24-14-3-2-4-15(11-14)26-13-18-17-6-5-16(12-19(17)28-21-18)27-20(23)22-7-9-25-10-8-22/h2-6,11-12H,7-10,13H2,1H3. The first-order valence-electron chi connectivity index (χ1n) is 8.92. The average Bonchev–Trinajstić information content (AvgIpc) is 3.15. The van der Waals surface area contributed by atoms with E-state index in [9.17, 15) is 4.79 Å². The molecule has 1 aliphatic heterocycles. The van der Waals surface area contributed by atoms with Gasteiger partial charge in [-0.1, -0.05) is 11.2 Å². The maximum absolute atomic E-state index is 12.2. The lowest BCUT2D eigenvalue weighted by Crippen LogP contribution is -2.42. The third-order valence-electron chi connectivity index (χ3n) is 4.41. The molecule has 0 unspecified atom stereocenters. The van der Waals surface area contributed by atoms with E-state index >= 15 is 0 Å². The summed E-state index contributed by atoms with van der Waals surface area (Å²) in [6, 6.07) is 12.5. The van der Waals surface area contributed by atoms with Crippen molar-refractivity contribution in [3.8, 4) is 17.2 Å². The Morgan fingerprint density at radius 1 is 1.11 bits per heavy atom. The first-order chi connectivity index (χ1) is 13.7. The van der Waals surface area contributed by atoms with Crippen LogP contribution >= 0.6 is 0 Å². The van der Waals surface area contributed by atoms with Crippen molar-refractivity contribution in [1.82, 2.24) is 10.1 Å². The van der Waals surface area contributed by atoms with Gasteiger partial charge < -0.3 is 28.4 Å². The van der Waals surface area contributed by atoms with Gasteiger partial charge in [0, 0.05) is 30.6 Å². The number of amides is 1. The smallest absolute Gasteiger partial charge is 0.415 e. The fraction of sp³-hybridized carbons (Fsp3) is 0.300. The van der Waals surface area contributed by atoms with Crippen LogP contribution in [0.2, 0.25) is 0 Å². The number of hydrogen-bond donors (Lipinski definition) is 0. The molecule has 4 rings (SSSR count). The summed E-state index contributed by atoms with van der Waals surface area (Å²) < 4.78 is 27.0. The van der Waals surface area contributed by atoms with E-state index in [1.807, 2.05) is 18.2 Å². The highest BCUT2D eigenvalue weighted by Crippen LogP contribution is 2.26. The van der Waals surface area contributed by atoms with Crippen LogP contribution in [0.15, 0.2) is 47.0 Å². The summed E-state index contributed by atoms with van der Waals surface area (Å²) in [5, 5.41) is 4.86. The first-order valence-corrected chi connectivity index (χ1v) is 8.92. The molecule has 1 amide bonds. The van der Waals surface area contributed by atoms with Crippen LogP contribution in [0.3, 0.4) is 0 Å². The predicted molar refractivity (Wildman–Crippen MR) is 99.8 cm³/mol. The Morgan fingerprint density at radius 3 is 2.75 bits per heavy atom. The van der Waals surface area contributed by atoms with Crippen molar-refractivity contribution in [2.75, 3.05) is 33.4 Å². The fourth-order valence-corrected chi connectivity index (χ4v) is 2.89. The molecule has 0 N–H and O–H groups in total. The van der Waals surface area contributed by atoms with Crippen LogP contribution in [-0.4, -0.2) is 49.6 Å². The molecule has 2 heterocycles. The van der Waals surface area contributed by atoms with E-state index in [-0.39, 0.29) is 6.61 Å². The third-order valence-corrected chi connectivity index (χ3v) is 4.41. The molecule has 0 aliphatic carbocycles. The van der Waals surface area contributed by atoms with Gasteiger partial charge >= 0.3 is 6.09 Å². The SMILES string of the molecule is COc1cccc(OCc2noc3cc(OC(=O)N4CCOCC4)ccc23)c1. The molecule has 8 heteroatoms. The zero-order chi connectivity index (χ0) is 19.3. The second kappa shape index (κ2) is 8.18. The molecule has 1 saturated heterocycles. The lowest BCUT2D eigenvalue weighted by molar-refractivity contribution is 0.0416. The van der Waals surface area contributed by atoms with Gasteiger partial charge in [-0.15, -0.1) is 0 Å². The number of fused-ring (bicyclic) bond motifs is 1. The molecule has 0 spiro atoms. The summed E-state index contributed by atoms with van der Waals surface area (Å²) in [7, 11) is 1.60. The van der Waals surface area contributed by atoms with Gasteiger partial charge in [-0.05, 0) is 24.3 Å². The molecular formula is C20H20N2O6. The number of methoxy groups -OCH3 is 1. The quantitative estimate of drug-likeness (QED) is 0.668. The third kappa shape index (κ3) is 4.01. The minimum atomic E-state index is -0.399. The molecule has 0 saturated carbocycles. The lowest BCUT2D eigenvalue weighted by Gasteiger charge is -2.25.